The van der Waals surface area contributed by atoms with Crippen LogP contribution in [0.15, 0.2) is 39.9 Å². The van der Waals surface area contributed by atoms with E-state index in [0.717, 1.165) is 29.9 Å². The van der Waals surface area contributed by atoms with Gasteiger partial charge in [0, 0.05) is 30.4 Å². The highest BCUT2D eigenvalue weighted by Gasteiger charge is 2.48. The van der Waals surface area contributed by atoms with Crippen molar-refractivity contribution in [2.24, 2.45) is 11.7 Å². The van der Waals surface area contributed by atoms with Crippen LogP contribution in [0.25, 0.3) is 10.9 Å². The van der Waals surface area contributed by atoms with Crippen molar-refractivity contribution >= 4 is 28.5 Å². The normalized spacial score (nSPS) is 18.9. The number of primary amides is 1. The van der Waals surface area contributed by atoms with E-state index in [2.05, 4.69) is 5.32 Å². The number of ether oxygens (including phenoxy) is 1. The number of anilines is 1. The number of nitriles is 1. The summed E-state index contributed by atoms with van der Waals surface area (Å²) in [5, 5.41) is 11.9. The van der Waals surface area contributed by atoms with Gasteiger partial charge in [0.25, 0.3) is 11.5 Å². The largest absolute Gasteiger partial charge is 0.367 e. The zero-order valence-corrected chi connectivity index (χ0v) is 22.4. The molecular weight excluding hydrogens is 538 g/mol. The van der Waals surface area contributed by atoms with Gasteiger partial charge in [-0.3, -0.25) is 18.7 Å². The highest BCUT2D eigenvalue weighted by atomic mass is 19.2. The number of nitrogens with zero attached hydrogens (tertiary/aromatic N) is 4. The highest BCUT2D eigenvalue weighted by molar-refractivity contribution is 5.94. The van der Waals surface area contributed by atoms with Crippen LogP contribution in [0.1, 0.15) is 43.9 Å². The van der Waals surface area contributed by atoms with Gasteiger partial charge >= 0.3 is 11.7 Å². The third kappa shape index (κ3) is 4.84. The molecule has 1 aliphatic heterocycles. The molecule has 2 heterocycles. The van der Waals surface area contributed by atoms with Gasteiger partial charge in [-0.2, -0.15) is 5.26 Å². The van der Waals surface area contributed by atoms with Crippen LogP contribution in [0.5, 0.6) is 0 Å². The first-order chi connectivity index (χ1) is 19.5. The van der Waals surface area contributed by atoms with E-state index in [-0.39, 0.29) is 41.9 Å². The van der Waals surface area contributed by atoms with Gasteiger partial charge in [0.1, 0.15) is 6.07 Å². The third-order valence-corrected chi connectivity index (χ3v) is 7.52. The maximum absolute atomic E-state index is 14.9. The molecule has 41 heavy (non-hydrogen) atoms. The molecule has 0 spiro atoms. The van der Waals surface area contributed by atoms with Gasteiger partial charge < -0.3 is 20.7 Å². The Morgan fingerprint density at radius 1 is 1.20 bits per heavy atom. The monoisotopic (exact) mass is 566 g/mol. The van der Waals surface area contributed by atoms with E-state index in [4.69, 9.17) is 15.7 Å². The van der Waals surface area contributed by atoms with E-state index in [1.807, 2.05) is 13.8 Å². The molecule has 1 saturated heterocycles. The Morgan fingerprint density at radius 3 is 2.56 bits per heavy atom. The second-order valence-electron chi connectivity index (χ2n) is 10.6. The minimum absolute atomic E-state index is 0.00406. The standard InChI is InChI=1S/C28H28F2N6O5/c1-15(2)36-21-8-6-18(11-19(21)24(37)35(27(36)40)13-16-3-4-16)33-26(39)34-9-10-41-28(14-34,25(32)38)20-7-5-17(12-31)22(29)23(20)30/h5-8,11,15-16H,3-4,9-10,13-14H2,1-2H3,(H2,32,38)(H,33,39). The molecule has 3 amide bonds. The molecule has 1 aliphatic carbocycles. The minimum Gasteiger partial charge on any atom is -0.367 e. The molecule has 0 bridgehead atoms. The maximum Gasteiger partial charge on any atom is 0.331 e. The molecule has 2 aliphatic rings. The van der Waals surface area contributed by atoms with Crippen LogP contribution in [0, 0.1) is 28.9 Å². The molecule has 11 nitrogen and oxygen atoms in total. The van der Waals surface area contributed by atoms with E-state index in [1.54, 1.807) is 16.7 Å². The summed E-state index contributed by atoms with van der Waals surface area (Å²) in [5.41, 5.74) is 2.11. The number of nitrogens with one attached hydrogen (secondary N) is 1. The van der Waals surface area contributed by atoms with E-state index >= 15 is 0 Å². The van der Waals surface area contributed by atoms with Crippen LogP contribution < -0.4 is 22.3 Å². The number of amides is 3. The number of rotatable bonds is 6. The number of fused-ring (bicyclic) bond motifs is 1. The Labute approximate surface area is 232 Å². The summed E-state index contributed by atoms with van der Waals surface area (Å²) in [6.45, 7) is 3.25. The van der Waals surface area contributed by atoms with E-state index < -0.39 is 52.4 Å². The lowest BCUT2D eigenvalue weighted by molar-refractivity contribution is -0.156. The van der Waals surface area contributed by atoms with Crippen molar-refractivity contribution in [2.45, 2.75) is 44.9 Å². The van der Waals surface area contributed by atoms with Crippen LogP contribution in [-0.2, 0) is 21.7 Å². The summed E-state index contributed by atoms with van der Waals surface area (Å²) in [4.78, 5) is 53.5. The molecule has 1 saturated carbocycles. The molecule has 1 unspecified atom stereocenters. The molecule has 3 N–H and O–H groups in total. The van der Waals surface area contributed by atoms with Gasteiger partial charge in [-0.15, -0.1) is 0 Å². The first-order valence-corrected chi connectivity index (χ1v) is 13.2. The Balaban J connectivity index is 1.47. The number of halogens is 2. The van der Waals surface area contributed by atoms with Gasteiger partial charge in [-0.25, -0.2) is 18.4 Å². The number of hydrogen-bond acceptors (Lipinski definition) is 6. The quantitative estimate of drug-likeness (QED) is 0.468. The summed E-state index contributed by atoms with van der Waals surface area (Å²) in [6, 6.07) is 7.23. The lowest BCUT2D eigenvalue weighted by Gasteiger charge is -2.40. The molecule has 0 radical (unpaired) electrons. The fourth-order valence-electron chi connectivity index (χ4n) is 5.17. The van der Waals surface area contributed by atoms with Crippen molar-refractivity contribution in [3.63, 3.8) is 0 Å². The molecule has 2 fully saturated rings. The molecule has 214 valence electrons. The minimum atomic E-state index is -2.21. The molecule has 2 aromatic carbocycles. The van der Waals surface area contributed by atoms with Gasteiger partial charge in [-0.1, -0.05) is 6.07 Å². The second kappa shape index (κ2) is 10.4. The number of benzene rings is 2. The van der Waals surface area contributed by atoms with Crippen LogP contribution in [-0.4, -0.2) is 45.7 Å². The number of aromatic nitrogens is 2. The lowest BCUT2D eigenvalue weighted by atomic mass is 9.89. The predicted molar refractivity (Wildman–Crippen MR) is 144 cm³/mol. The number of carbonyl (C=O) groups excluding carboxylic acids is 2. The number of urea groups is 1. The van der Waals surface area contributed by atoms with Crippen molar-refractivity contribution in [3.05, 3.63) is 73.9 Å². The van der Waals surface area contributed by atoms with E-state index in [1.165, 1.54) is 16.7 Å². The highest BCUT2D eigenvalue weighted by Crippen LogP contribution is 2.34. The summed E-state index contributed by atoms with van der Waals surface area (Å²) in [5.74, 6) is -3.80. The third-order valence-electron chi connectivity index (χ3n) is 7.52. The summed E-state index contributed by atoms with van der Waals surface area (Å²) in [7, 11) is 0. The van der Waals surface area contributed by atoms with Crippen molar-refractivity contribution < 1.29 is 23.1 Å². The first kappa shape index (κ1) is 28.0. The van der Waals surface area contributed by atoms with Crippen molar-refractivity contribution in [3.8, 4) is 6.07 Å². The average molecular weight is 567 g/mol. The smallest absolute Gasteiger partial charge is 0.331 e. The lowest BCUT2D eigenvalue weighted by Crippen LogP contribution is -2.59. The zero-order chi connectivity index (χ0) is 29.6. The van der Waals surface area contributed by atoms with E-state index in [0.29, 0.717) is 12.1 Å². The second-order valence-corrected chi connectivity index (χ2v) is 10.6. The number of hydrogen-bond donors (Lipinski definition) is 2. The number of nitrogens with two attached hydrogens (primary N) is 1. The molecular formula is C28H28F2N6O5. The maximum atomic E-state index is 14.9. The summed E-state index contributed by atoms with van der Waals surface area (Å²) < 4.78 is 37.7. The van der Waals surface area contributed by atoms with Gasteiger partial charge in [-0.05, 0) is 56.9 Å². The Bertz CT molecular complexity index is 1740. The van der Waals surface area contributed by atoms with Gasteiger partial charge in [0.15, 0.2) is 17.2 Å². The molecule has 3 aromatic rings. The number of carbonyl (C=O) groups is 2. The predicted octanol–water partition coefficient (Wildman–Crippen LogP) is 2.55. The SMILES string of the molecule is CC(C)n1c(=O)n(CC2CC2)c(=O)c2cc(NC(=O)N3CCOC(C(N)=O)(c4ccc(C#N)c(F)c4F)C3)ccc21. The molecule has 5 rings (SSSR count). The average Bonchev–Trinajstić information content (AvgIpc) is 3.77. The Morgan fingerprint density at radius 2 is 1.93 bits per heavy atom. The molecule has 1 atom stereocenters. The Hall–Kier alpha value is -4.57. The summed E-state index contributed by atoms with van der Waals surface area (Å²) >= 11 is 0. The Kier molecular flexibility index (Phi) is 7.12. The fraction of sp³-hybridized carbons (Fsp3) is 0.393. The topological polar surface area (TPSA) is 152 Å². The first-order valence-electron chi connectivity index (χ1n) is 13.2. The zero-order valence-electron chi connectivity index (χ0n) is 22.4. The summed E-state index contributed by atoms with van der Waals surface area (Å²) in [6.07, 6.45) is 1.90. The number of morpholine rings is 1. The van der Waals surface area contributed by atoms with Crippen molar-refractivity contribution in [1.82, 2.24) is 14.0 Å². The van der Waals surface area contributed by atoms with E-state index in [9.17, 15) is 28.0 Å². The van der Waals surface area contributed by atoms with Gasteiger partial charge in [0.2, 0.25) is 0 Å². The molecule has 1 aromatic heterocycles. The van der Waals surface area contributed by atoms with Crippen LogP contribution in [0.4, 0.5) is 19.3 Å². The van der Waals surface area contributed by atoms with Crippen LogP contribution in [0.2, 0.25) is 0 Å². The van der Waals surface area contributed by atoms with Gasteiger partial charge in [0.05, 0.1) is 29.6 Å². The van der Waals surface area contributed by atoms with Crippen LogP contribution in [0.3, 0.4) is 0 Å². The van der Waals surface area contributed by atoms with Crippen LogP contribution >= 0.6 is 0 Å². The fourth-order valence-corrected chi connectivity index (χ4v) is 5.17. The van der Waals surface area contributed by atoms with Crippen molar-refractivity contribution in [1.29, 1.82) is 5.26 Å². The van der Waals surface area contributed by atoms with Crippen molar-refractivity contribution in [2.75, 3.05) is 25.0 Å². The molecule has 13 heteroatoms.